The molecule has 1 aliphatic heterocycles. The van der Waals surface area contributed by atoms with Crippen molar-refractivity contribution in [2.75, 3.05) is 57.1 Å². The molecule has 156 valence electrons. The Hall–Kier alpha value is -1.63. The smallest absolute Gasteiger partial charge is 0.205 e. The molecule has 1 N–H and O–H groups in total. The SMILES string of the molecule is CCc1nsc(N2CCN(C(=NC)NCc3cnc(N(C)C)n3C)CC2)n1.I. The van der Waals surface area contributed by atoms with Gasteiger partial charge >= 0.3 is 0 Å². The van der Waals surface area contributed by atoms with Crippen molar-refractivity contribution in [3.05, 3.63) is 17.7 Å². The van der Waals surface area contributed by atoms with Gasteiger partial charge in [0.15, 0.2) is 5.96 Å². The van der Waals surface area contributed by atoms with Gasteiger partial charge in [-0.3, -0.25) is 4.99 Å². The second-order valence-corrected chi connectivity index (χ2v) is 7.45. The van der Waals surface area contributed by atoms with Crippen LogP contribution in [0.3, 0.4) is 0 Å². The maximum absolute atomic E-state index is 4.60. The van der Waals surface area contributed by atoms with E-state index < -0.39 is 0 Å². The number of aromatic nitrogens is 4. The average Bonchev–Trinajstić information content (AvgIpc) is 3.30. The number of aryl methyl sites for hydroxylation is 1. The van der Waals surface area contributed by atoms with E-state index in [4.69, 9.17) is 0 Å². The van der Waals surface area contributed by atoms with Gasteiger partial charge in [0, 0.05) is 72.3 Å². The topological polar surface area (TPSA) is 77.7 Å². The van der Waals surface area contributed by atoms with Gasteiger partial charge in [0.1, 0.15) is 5.82 Å². The lowest BCUT2D eigenvalue weighted by Gasteiger charge is -2.36. The van der Waals surface area contributed by atoms with Gasteiger partial charge in [0.2, 0.25) is 11.1 Å². The summed E-state index contributed by atoms with van der Waals surface area (Å²) in [4.78, 5) is 20.1. The van der Waals surface area contributed by atoms with E-state index in [0.717, 1.165) is 61.2 Å². The van der Waals surface area contributed by atoms with Crippen LogP contribution in [0.5, 0.6) is 0 Å². The van der Waals surface area contributed by atoms with Gasteiger partial charge < -0.3 is 24.6 Å². The molecular weight excluding hydrogens is 489 g/mol. The van der Waals surface area contributed by atoms with Crippen molar-refractivity contribution in [1.82, 2.24) is 29.1 Å². The molecule has 1 aliphatic rings. The minimum absolute atomic E-state index is 0. The van der Waals surface area contributed by atoms with Gasteiger partial charge in [-0.1, -0.05) is 6.92 Å². The van der Waals surface area contributed by atoms with Crippen molar-refractivity contribution < 1.29 is 0 Å². The molecule has 3 rings (SSSR count). The summed E-state index contributed by atoms with van der Waals surface area (Å²) in [5.74, 6) is 2.80. The fraction of sp³-hybridized carbons (Fsp3) is 0.647. The van der Waals surface area contributed by atoms with Crippen LogP contribution in [-0.2, 0) is 20.0 Å². The number of nitrogens with zero attached hydrogens (tertiary/aromatic N) is 8. The Kier molecular flexibility index (Phi) is 8.28. The van der Waals surface area contributed by atoms with Crippen LogP contribution in [0.15, 0.2) is 11.2 Å². The Morgan fingerprint density at radius 1 is 1.29 bits per heavy atom. The minimum Gasteiger partial charge on any atom is -0.351 e. The molecule has 2 aromatic heterocycles. The van der Waals surface area contributed by atoms with E-state index in [1.807, 2.05) is 39.3 Å². The largest absolute Gasteiger partial charge is 0.351 e. The first-order valence-corrected chi connectivity index (χ1v) is 10.0. The quantitative estimate of drug-likeness (QED) is 0.364. The predicted molar refractivity (Wildman–Crippen MR) is 126 cm³/mol. The number of hydrogen-bond donors (Lipinski definition) is 1. The molecule has 0 atom stereocenters. The Balaban J connectivity index is 0.00000280. The number of imidazole rings is 1. The highest BCUT2D eigenvalue weighted by Gasteiger charge is 2.22. The summed E-state index contributed by atoms with van der Waals surface area (Å²) in [5, 5.41) is 4.50. The number of rotatable bonds is 5. The zero-order valence-corrected chi connectivity index (χ0v) is 20.4. The Labute approximate surface area is 188 Å². The summed E-state index contributed by atoms with van der Waals surface area (Å²) in [7, 11) is 7.87. The summed E-state index contributed by atoms with van der Waals surface area (Å²) in [6.45, 7) is 6.46. The van der Waals surface area contributed by atoms with E-state index in [-0.39, 0.29) is 24.0 Å². The van der Waals surface area contributed by atoms with Crippen molar-refractivity contribution in [1.29, 1.82) is 0 Å². The summed E-state index contributed by atoms with van der Waals surface area (Å²) >= 11 is 1.50. The summed E-state index contributed by atoms with van der Waals surface area (Å²) in [6, 6.07) is 0. The normalized spacial score (nSPS) is 14.8. The number of anilines is 2. The Bertz CT molecular complexity index is 777. The van der Waals surface area contributed by atoms with Gasteiger partial charge in [-0.2, -0.15) is 4.37 Å². The first-order chi connectivity index (χ1) is 13.0. The zero-order valence-electron chi connectivity index (χ0n) is 17.2. The van der Waals surface area contributed by atoms with E-state index in [1.54, 1.807) is 0 Å². The molecule has 9 nitrogen and oxygen atoms in total. The third kappa shape index (κ3) is 5.04. The second-order valence-electron chi connectivity index (χ2n) is 6.72. The molecule has 1 saturated heterocycles. The van der Waals surface area contributed by atoms with Crippen LogP contribution in [-0.4, -0.2) is 77.1 Å². The van der Waals surface area contributed by atoms with Gasteiger partial charge in [0.25, 0.3) is 0 Å². The highest BCUT2D eigenvalue weighted by molar-refractivity contribution is 14.0. The molecule has 28 heavy (non-hydrogen) atoms. The standard InChI is InChI=1S/C17H29N9S.HI/c1-6-14-21-17(27-22-14)26-9-7-25(8-10-26)15(18-2)19-11-13-12-20-16(23(3)4)24(13)5;/h12H,6-11H2,1-5H3,(H,18,19);1H. The van der Waals surface area contributed by atoms with Crippen LogP contribution >= 0.6 is 35.5 Å². The molecule has 0 bridgehead atoms. The number of aliphatic imine (C=N–C) groups is 1. The number of halogens is 1. The van der Waals surface area contributed by atoms with E-state index in [0.29, 0.717) is 6.54 Å². The molecular formula is C17H30IN9S. The van der Waals surface area contributed by atoms with Gasteiger partial charge in [-0.25, -0.2) is 9.97 Å². The second kappa shape index (κ2) is 10.2. The Morgan fingerprint density at radius 3 is 2.54 bits per heavy atom. The van der Waals surface area contributed by atoms with Crippen LogP contribution in [0.4, 0.5) is 11.1 Å². The van der Waals surface area contributed by atoms with Crippen LogP contribution < -0.4 is 15.1 Å². The summed E-state index contributed by atoms with van der Waals surface area (Å²) in [6.07, 6.45) is 2.80. The lowest BCUT2D eigenvalue weighted by Crippen LogP contribution is -2.52. The molecule has 0 aromatic carbocycles. The fourth-order valence-electron chi connectivity index (χ4n) is 3.14. The first-order valence-electron chi connectivity index (χ1n) is 9.24. The highest BCUT2D eigenvalue weighted by atomic mass is 127. The third-order valence-corrected chi connectivity index (χ3v) is 5.54. The number of hydrogen-bond acceptors (Lipinski definition) is 7. The minimum atomic E-state index is 0. The monoisotopic (exact) mass is 519 g/mol. The van der Waals surface area contributed by atoms with Crippen molar-refractivity contribution in [3.63, 3.8) is 0 Å². The van der Waals surface area contributed by atoms with Crippen molar-refractivity contribution >= 4 is 52.5 Å². The van der Waals surface area contributed by atoms with Crippen molar-refractivity contribution in [2.45, 2.75) is 19.9 Å². The summed E-state index contributed by atoms with van der Waals surface area (Å²) in [5.41, 5.74) is 1.12. The number of guanidine groups is 1. The van der Waals surface area contributed by atoms with E-state index in [2.05, 4.69) is 45.9 Å². The molecule has 1 fully saturated rings. The van der Waals surface area contributed by atoms with E-state index in [9.17, 15) is 0 Å². The average molecular weight is 519 g/mol. The predicted octanol–water partition coefficient (Wildman–Crippen LogP) is 1.42. The van der Waals surface area contributed by atoms with Gasteiger partial charge in [-0.05, 0) is 0 Å². The van der Waals surface area contributed by atoms with Crippen LogP contribution in [0, 0.1) is 0 Å². The molecule has 2 aromatic rings. The van der Waals surface area contributed by atoms with Crippen LogP contribution in [0.25, 0.3) is 0 Å². The van der Waals surface area contributed by atoms with Gasteiger partial charge in [-0.15, -0.1) is 24.0 Å². The zero-order chi connectivity index (χ0) is 19.4. The molecule has 0 radical (unpaired) electrons. The molecule has 3 heterocycles. The first kappa shape index (κ1) is 22.7. The lowest BCUT2D eigenvalue weighted by molar-refractivity contribution is 0.372. The number of nitrogens with one attached hydrogen (secondary N) is 1. The third-order valence-electron chi connectivity index (χ3n) is 4.72. The van der Waals surface area contributed by atoms with Crippen LogP contribution in [0.2, 0.25) is 0 Å². The molecule has 0 spiro atoms. The van der Waals surface area contributed by atoms with E-state index in [1.165, 1.54) is 11.5 Å². The van der Waals surface area contributed by atoms with Crippen molar-refractivity contribution in [3.8, 4) is 0 Å². The molecule has 0 amide bonds. The molecule has 0 aliphatic carbocycles. The Morgan fingerprint density at radius 2 is 2.00 bits per heavy atom. The van der Waals surface area contributed by atoms with E-state index >= 15 is 0 Å². The number of piperazine rings is 1. The highest BCUT2D eigenvalue weighted by Crippen LogP contribution is 2.19. The van der Waals surface area contributed by atoms with Crippen LogP contribution in [0.1, 0.15) is 18.4 Å². The fourth-order valence-corrected chi connectivity index (χ4v) is 3.94. The summed E-state index contributed by atoms with van der Waals surface area (Å²) < 4.78 is 6.49. The maximum atomic E-state index is 4.60. The molecule has 0 unspecified atom stereocenters. The van der Waals surface area contributed by atoms with Gasteiger partial charge in [0.05, 0.1) is 18.4 Å². The molecule has 11 heteroatoms. The molecule has 0 saturated carbocycles. The van der Waals surface area contributed by atoms with Crippen molar-refractivity contribution in [2.24, 2.45) is 12.0 Å². The lowest BCUT2D eigenvalue weighted by atomic mass is 10.3. The maximum Gasteiger partial charge on any atom is 0.205 e.